The molecule has 304 valence electrons. The normalized spacial score (nSPS) is 16.3. The minimum Gasteiger partial charge on any atom is -0.382 e. The van der Waals surface area contributed by atoms with Crippen LogP contribution in [0.3, 0.4) is 0 Å². The average molecular weight is 764 g/mol. The molecule has 1 aliphatic carbocycles. The Morgan fingerprint density at radius 1 is 0.855 bits per heavy atom. The zero-order chi connectivity index (χ0) is 39.4. The second-order valence-corrected chi connectivity index (χ2v) is 14.9. The summed E-state index contributed by atoms with van der Waals surface area (Å²) in [5.41, 5.74) is 9.08. The monoisotopic (exact) mass is 763 g/mol. The van der Waals surface area contributed by atoms with Gasteiger partial charge < -0.3 is 35.7 Å². The molecule has 2 heterocycles. The van der Waals surface area contributed by atoms with Gasteiger partial charge in [-0.15, -0.1) is 0 Å². The van der Waals surface area contributed by atoms with Gasteiger partial charge in [0.2, 0.25) is 11.8 Å². The number of nitrogen functional groups attached to an aromatic ring is 1. The van der Waals surface area contributed by atoms with Crippen LogP contribution in [0.1, 0.15) is 110 Å². The Balaban J connectivity index is 1.02. The summed E-state index contributed by atoms with van der Waals surface area (Å²) in [6, 6.07) is 7.98. The second-order valence-electron chi connectivity index (χ2n) is 14.9. The van der Waals surface area contributed by atoms with Crippen LogP contribution < -0.4 is 21.7 Å². The summed E-state index contributed by atoms with van der Waals surface area (Å²) in [6.07, 6.45) is 12.2. The molecule has 4 rings (SSSR count). The third-order valence-electron chi connectivity index (χ3n) is 10.8. The van der Waals surface area contributed by atoms with E-state index in [1.807, 2.05) is 18.2 Å². The number of carbonyl (C=O) groups is 4. The predicted octanol–water partition coefficient (Wildman–Crippen LogP) is 5.45. The zero-order valence-corrected chi connectivity index (χ0v) is 33.5. The molecular formula is C42H65N7O6. The second kappa shape index (κ2) is 23.9. The Kier molecular flexibility index (Phi) is 19.0. The smallest absolute Gasteiger partial charge is 0.223 e. The SMILES string of the molecule is CCCCc1nc2c(N)nc3ccccc3c2n1CCCCCC(=O)C1CCC(C(=O)NCCOCCOCCC(=O)NCCCCC(NC)C(C)=O)CC1. The lowest BCUT2D eigenvalue weighted by Gasteiger charge is -2.27. The van der Waals surface area contributed by atoms with Gasteiger partial charge in [0.05, 0.1) is 43.5 Å². The van der Waals surface area contributed by atoms with Crippen molar-refractivity contribution in [1.29, 1.82) is 0 Å². The van der Waals surface area contributed by atoms with E-state index < -0.39 is 0 Å². The van der Waals surface area contributed by atoms with Crippen LogP contribution in [0.4, 0.5) is 5.82 Å². The minimum atomic E-state index is -0.118. The number of ether oxygens (including phenoxy) is 2. The fraction of sp³-hybridized carbons (Fsp3) is 0.667. The summed E-state index contributed by atoms with van der Waals surface area (Å²) in [7, 11) is 1.78. The number of aromatic nitrogens is 3. The van der Waals surface area contributed by atoms with E-state index >= 15 is 0 Å². The van der Waals surface area contributed by atoms with Crippen LogP contribution in [-0.4, -0.2) is 90.5 Å². The van der Waals surface area contributed by atoms with Gasteiger partial charge in [-0.05, 0) is 84.2 Å². The molecule has 13 heteroatoms. The Bertz CT molecular complexity index is 1670. The molecule has 1 aromatic carbocycles. The van der Waals surface area contributed by atoms with E-state index in [1.165, 1.54) is 0 Å². The number of amides is 2. The molecule has 1 unspecified atom stereocenters. The number of fused-ring (bicyclic) bond motifs is 3. The van der Waals surface area contributed by atoms with Crippen LogP contribution in [0.25, 0.3) is 21.9 Å². The third kappa shape index (κ3) is 13.9. The van der Waals surface area contributed by atoms with Crippen LogP contribution in [0.5, 0.6) is 0 Å². The number of ketones is 2. The molecule has 0 radical (unpaired) electrons. The predicted molar refractivity (Wildman–Crippen MR) is 217 cm³/mol. The van der Waals surface area contributed by atoms with Crippen molar-refractivity contribution in [3.8, 4) is 0 Å². The Morgan fingerprint density at radius 2 is 1.60 bits per heavy atom. The van der Waals surface area contributed by atoms with Gasteiger partial charge in [0, 0.05) is 56.1 Å². The van der Waals surface area contributed by atoms with Crippen LogP contribution in [0.2, 0.25) is 0 Å². The minimum absolute atomic E-state index is 0.0353. The van der Waals surface area contributed by atoms with Crippen molar-refractivity contribution in [1.82, 2.24) is 30.5 Å². The Hall–Kier alpha value is -3.94. The van der Waals surface area contributed by atoms with Gasteiger partial charge in [-0.3, -0.25) is 19.2 Å². The summed E-state index contributed by atoms with van der Waals surface area (Å²) in [4.78, 5) is 58.8. The van der Waals surface area contributed by atoms with Crippen LogP contribution in [0, 0.1) is 11.8 Å². The summed E-state index contributed by atoms with van der Waals surface area (Å²) in [5.74, 6) is 1.96. The molecule has 1 atom stereocenters. The number of pyridine rings is 1. The number of para-hydroxylation sites is 1. The number of nitrogens with two attached hydrogens (primary N) is 1. The highest BCUT2D eigenvalue weighted by atomic mass is 16.5. The van der Waals surface area contributed by atoms with E-state index in [2.05, 4.69) is 38.5 Å². The van der Waals surface area contributed by atoms with Crippen LogP contribution in [-0.2, 0) is 41.6 Å². The highest BCUT2D eigenvalue weighted by molar-refractivity contribution is 6.06. The topological polar surface area (TPSA) is 180 Å². The molecule has 1 fully saturated rings. The van der Waals surface area contributed by atoms with Crippen molar-refractivity contribution in [3.05, 3.63) is 30.1 Å². The maximum absolute atomic E-state index is 13.1. The maximum Gasteiger partial charge on any atom is 0.223 e. The lowest BCUT2D eigenvalue weighted by molar-refractivity contribution is -0.129. The average Bonchev–Trinajstić information content (AvgIpc) is 3.56. The molecule has 5 N–H and O–H groups in total. The van der Waals surface area contributed by atoms with E-state index in [1.54, 1.807) is 14.0 Å². The summed E-state index contributed by atoms with van der Waals surface area (Å²) in [5, 5.41) is 9.93. The zero-order valence-electron chi connectivity index (χ0n) is 33.5. The quantitative estimate of drug-likeness (QED) is 0.0730. The fourth-order valence-corrected chi connectivity index (χ4v) is 7.52. The van der Waals surface area contributed by atoms with Gasteiger partial charge in [-0.1, -0.05) is 38.0 Å². The summed E-state index contributed by atoms with van der Waals surface area (Å²) < 4.78 is 13.4. The number of benzene rings is 1. The third-order valence-corrected chi connectivity index (χ3v) is 10.8. The number of nitrogens with zero attached hydrogens (tertiary/aromatic N) is 3. The van der Waals surface area contributed by atoms with Gasteiger partial charge >= 0.3 is 0 Å². The number of hydrogen-bond donors (Lipinski definition) is 4. The lowest BCUT2D eigenvalue weighted by atomic mass is 9.78. The first kappa shape index (κ1) is 43.8. The van der Waals surface area contributed by atoms with Crippen molar-refractivity contribution in [2.45, 2.75) is 123 Å². The van der Waals surface area contributed by atoms with Crippen molar-refractivity contribution < 1.29 is 28.7 Å². The molecular weight excluding hydrogens is 699 g/mol. The molecule has 13 nitrogen and oxygen atoms in total. The van der Waals surface area contributed by atoms with Crippen molar-refractivity contribution in [2.75, 3.05) is 52.3 Å². The molecule has 55 heavy (non-hydrogen) atoms. The van der Waals surface area contributed by atoms with E-state index in [-0.39, 0.29) is 41.9 Å². The standard InChI is InChI=1S/C42H65N7O6/c1-4-5-17-37-48-39-40(33-13-8-9-15-35(33)47-41(39)43)49(37)25-12-6-7-16-36(51)31-18-20-32(21-19-31)42(53)46-24-27-55-29-28-54-26-22-38(52)45-23-11-10-14-34(44-3)30(2)50/h8-9,13,15,31-32,34,44H,4-7,10-12,14,16-29H2,1-3H3,(H2,43,47)(H,45,52)(H,46,53). The number of anilines is 1. The number of aryl methyl sites for hydroxylation is 2. The Labute approximate surface area is 326 Å². The first-order valence-corrected chi connectivity index (χ1v) is 20.7. The van der Waals surface area contributed by atoms with Crippen molar-refractivity contribution >= 4 is 51.1 Å². The molecule has 3 aromatic rings. The van der Waals surface area contributed by atoms with E-state index in [0.29, 0.717) is 57.5 Å². The van der Waals surface area contributed by atoms with Gasteiger partial charge in [-0.2, -0.15) is 0 Å². The van der Waals surface area contributed by atoms with E-state index in [0.717, 1.165) is 118 Å². The fourth-order valence-electron chi connectivity index (χ4n) is 7.52. The highest BCUT2D eigenvalue weighted by Gasteiger charge is 2.29. The summed E-state index contributed by atoms with van der Waals surface area (Å²) in [6.45, 7) is 7.09. The van der Waals surface area contributed by atoms with Crippen molar-refractivity contribution in [2.24, 2.45) is 11.8 Å². The summed E-state index contributed by atoms with van der Waals surface area (Å²) >= 11 is 0. The Morgan fingerprint density at radius 3 is 2.35 bits per heavy atom. The van der Waals surface area contributed by atoms with Crippen LogP contribution >= 0.6 is 0 Å². The largest absolute Gasteiger partial charge is 0.382 e. The highest BCUT2D eigenvalue weighted by Crippen LogP contribution is 2.32. The lowest BCUT2D eigenvalue weighted by Crippen LogP contribution is -2.36. The van der Waals surface area contributed by atoms with Gasteiger partial charge in [0.25, 0.3) is 0 Å². The molecule has 0 saturated heterocycles. The van der Waals surface area contributed by atoms with Gasteiger partial charge in [0.1, 0.15) is 22.9 Å². The molecule has 1 aliphatic rings. The van der Waals surface area contributed by atoms with E-state index in [4.69, 9.17) is 20.2 Å². The molecule has 1 saturated carbocycles. The molecule has 0 spiro atoms. The van der Waals surface area contributed by atoms with Crippen LogP contribution in [0.15, 0.2) is 24.3 Å². The number of likely N-dealkylation sites (N-methyl/N-ethyl adjacent to an activating group) is 1. The molecule has 2 amide bonds. The molecule has 0 aliphatic heterocycles. The number of nitrogens with one attached hydrogen (secondary N) is 3. The first-order valence-electron chi connectivity index (χ1n) is 20.7. The molecule has 0 bridgehead atoms. The number of Topliss-reactive ketones (excluding diaryl/α,β-unsaturated/α-hetero) is 2. The van der Waals surface area contributed by atoms with Gasteiger partial charge in [0.15, 0.2) is 5.82 Å². The number of unbranched alkanes of at least 4 members (excludes halogenated alkanes) is 4. The molecule has 2 aromatic heterocycles. The number of rotatable bonds is 27. The number of carbonyl (C=O) groups excluding carboxylic acids is 4. The maximum atomic E-state index is 13.1. The van der Waals surface area contributed by atoms with E-state index in [9.17, 15) is 19.2 Å². The van der Waals surface area contributed by atoms with Gasteiger partial charge in [-0.25, -0.2) is 9.97 Å². The number of imidazole rings is 1. The first-order chi connectivity index (χ1) is 26.7. The number of hydrogen-bond acceptors (Lipinski definition) is 10. The van der Waals surface area contributed by atoms with Crippen molar-refractivity contribution in [3.63, 3.8) is 0 Å².